The number of amides is 1. The summed E-state index contributed by atoms with van der Waals surface area (Å²) in [6.07, 6.45) is 4.49. The molecule has 142 valence electrons. The van der Waals surface area contributed by atoms with Crippen LogP contribution in [0.4, 0.5) is 0 Å². The number of hydrogen-bond donors (Lipinski definition) is 2. The van der Waals surface area contributed by atoms with Crippen LogP contribution in [0.1, 0.15) is 73.1 Å². The first-order chi connectivity index (χ1) is 12.1. The normalized spacial score (nSPS) is 19.7. The third-order valence-corrected chi connectivity index (χ3v) is 5.28. The van der Waals surface area contributed by atoms with E-state index in [9.17, 15) is 4.79 Å². The average molecular weight is 379 g/mol. The van der Waals surface area contributed by atoms with Gasteiger partial charge in [-0.25, -0.2) is 4.98 Å². The molecule has 2 fully saturated rings. The van der Waals surface area contributed by atoms with Gasteiger partial charge >= 0.3 is 0 Å². The maximum absolute atomic E-state index is 12.9. The summed E-state index contributed by atoms with van der Waals surface area (Å²) in [5, 5.41) is 11.4. The van der Waals surface area contributed by atoms with Crippen molar-refractivity contribution in [2.75, 3.05) is 19.6 Å². The quantitative estimate of drug-likeness (QED) is 0.805. The van der Waals surface area contributed by atoms with Crippen LogP contribution in [0.25, 0.3) is 11.1 Å². The summed E-state index contributed by atoms with van der Waals surface area (Å²) in [5.41, 5.74) is 2.94. The molecule has 0 bridgehead atoms. The Morgan fingerprint density at radius 3 is 2.85 bits per heavy atom. The van der Waals surface area contributed by atoms with Crippen molar-refractivity contribution in [3.8, 4) is 0 Å². The first-order valence-electron chi connectivity index (χ1n) is 9.42. The van der Waals surface area contributed by atoms with Crippen LogP contribution in [0.2, 0.25) is 0 Å². The summed E-state index contributed by atoms with van der Waals surface area (Å²) in [4.78, 5) is 17.5. The molecule has 0 spiro atoms. The second kappa shape index (κ2) is 7.92. The maximum Gasteiger partial charge on any atom is 0.259 e. The zero-order valence-electron chi connectivity index (χ0n) is 15.4. The number of hydrogen-bond acceptors (Lipinski definition) is 5. The van der Waals surface area contributed by atoms with Gasteiger partial charge in [0.1, 0.15) is 0 Å². The molecule has 3 heterocycles. The molecule has 0 aromatic carbocycles. The van der Waals surface area contributed by atoms with E-state index in [-0.39, 0.29) is 24.2 Å². The van der Waals surface area contributed by atoms with Gasteiger partial charge in [-0.05, 0) is 56.7 Å². The summed E-state index contributed by atoms with van der Waals surface area (Å²) >= 11 is 0. The first-order valence-corrected chi connectivity index (χ1v) is 9.42. The lowest BCUT2D eigenvalue weighted by molar-refractivity contribution is 0.0953. The molecular formula is C19H27ClN4O2. The average Bonchev–Trinajstić information content (AvgIpc) is 3.14. The Kier molecular flexibility index (Phi) is 5.82. The molecule has 1 amide bonds. The van der Waals surface area contributed by atoms with Gasteiger partial charge in [-0.1, -0.05) is 19.0 Å². The van der Waals surface area contributed by atoms with Crippen LogP contribution in [0, 0.1) is 5.92 Å². The summed E-state index contributed by atoms with van der Waals surface area (Å²) < 4.78 is 5.46. The molecule has 2 aliphatic rings. The van der Waals surface area contributed by atoms with Gasteiger partial charge in [-0.3, -0.25) is 4.79 Å². The van der Waals surface area contributed by atoms with Crippen LogP contribution in [0.3, 0.4) is 0 Å². The standard InChI is InChI=1S/C19H26N4O2.ClH/c1-11(2)17-16-14(18(24)21-8-6-12-5-7-20-10-12)9-15(13-3-4-13)22-19(16)25-23-17;/h9,11-13,20H,3-8,10H2,1-2H3,(H,21,24);1H. The zero-order chi connectivity index (χ0) is 17.4. The molecule has 0 radical (unpaired) electrons. The zero-order valence-corrected chi connectivity index (χ0v) is 16.2. The van der Waals surface area contributed by atoms with Gasteiger partial charge in [0, 0.05) is 18.2 Å². The smallest absolute Gasteiger partial charge is 0.259 e. The fourth-order valence-electron chi connectivity index (χ4n) is 3.60. The Bertz CT molecular complexity index is 779. The molecule has 2 aromatic rings. The summed E-state index contributed by atoms with van der Waals surface area (Å²) in [7, 11) is 0. The van der Waals surface area contributed by atoms with Crippen LogP contribution < -0.4 is 10.6 Å². The molecule has 26 heavy (non-hydrogen) atoms. The third kappa shape index (κ3) is 3.86. The SMILES string of the molecule is CC(C)c1noc2nc(C3CC3)cc(C(=O)NCCC3CCNC3)c12.Cl. The Morgan fingerprint density at radius 1 is 1.38 bits per heavy atom. The van der Waals surface area contributed by atoms with E-state index >= 15 is 0 Å². The molecule has 1 aliphatic carbocycles. The van der Waals surface area contributed by atoms with E-state index < -0.39 is 0 Å². The van der Waals surface area contributed by atoms with Crippen molar-refractivity contribution in [1.29, 1.82) is 0 Å². The number of fused-ring (bicyclic) bond motifs is 1. The number of carbonyl (C=O) groups excluding carboxylic acids is 1. The molecule has 6 nitrogen and oxygen atoms in total. The topological polar surface area (TPSA) is 80.0 Å². The second-order valence-electron chi connectivity index (χ2n) is 7.68. The number of nitrogens with zero attached hydrogens (tertiary/aromatic N) is 2. The van der Waals surface area contributed by atoms with Gasteiger partial charge in [0.15, 0.2) is 0 Å². The molecular weight excluding hydrogens is 352 g/mol. The van der Waals surface area contributed by atoms with Gasteiger partial charge in [0.2, 0.25) is 0 Å². The van der Waals surface area contributed by atoms with Crippen LogP contribution in [-0.4, -0.2) is 35.7 Å². The minimum atomic E-state index is -0.0367. The lowest BCUT2D eigenvalue weighted by Crippen LogP contribution is -2.27. The third-order valence-electron chi connectivity index (χ3n) is 5.28. The number of aromatic nitrogens is 2. The predicted octanol–water partition coefficient (Wildman–Crippen LogP) is 3.37. The van der Waals surface area contributed by atoms with Gasteiger partial charge in [0.05, 0.1) is 16.6 Å². The van der Waals surface area contributed by atoms with Gasteiger partial charge in [-0.2, -0.15) is 0 Å². The van der Waals surface area contributed by atoms with Gasteiger partial charge in [0.25, 0.3) is 11.6 Å². The van der Waals surface area contributed by atoms with E-state index in [4.69, 9.17) is 4.52 Å². The van der Waals surface area contributed by atoms with E-state index in [1.165, 1.54) is 6.42 Å². The van der Waals surface area contributed by atoms with Crippen LogP contribution in [0.5, 0.6) is 0 Å². The number of halogens is 1. The Morgan fingerprint density at radius 2 is 2.19 bits per heavy atom. The Hall–Kier alpha value is -1.66. The Labute approximate surface area is 159 Å². The first kappa shape index (κ1) is 19.1. The van der Waals surface area contributed by atoms with Gasteiger partial charge < -0.3 is 15.2 Å². The molecule has 1 saturated carbocycles. The molecule has 2 aromatic heterocycles. The minimum Gasteiger partial charge on any atom is -0.352 e. The predicted molar refractivity (Wildman–Crippen MR) is 103 cm³/mol. The lowest BCUT2D eigenvalue weighted by Gasteiger charge is -2.11. The molecule has 1 atom stereocenters. The highest BCUT2D eigenvalue weighted by Crippen LogP contribution is 2.41. The van der Waals surface area contributed by atoms with Crippen molar-refractivity contribution in [2.24, 2.45) is 5.92 Å². The molecule has 1 unspecified atom stereocenters. The molecule has 7 heteroatoms. The van der Waals surface area contributed by atoms with E-state index in [0.29, 0.717) is 29.7 Å². The number of nitrogens with one attached hydrogen (secondary N) is 2. The minimum absolute atomic E-state index is 0. The van der Waals surface area contributed by atoms with Crippen molar-refractivity contribution < 1.29 is 9.32 Å². The van der Waals surface area contributed by atoms with Crippen molar-refractivity contribution in [2.45, 2.75) is 51.4 Å². The van der Waals surface area contributed by atoms with E-state index in [1.54, 1.807) is 0 Å². The fourth-order valence-corrected chi connectivity index (χ4v) is 3.60. The summed E-state index contributed by atoms with van der Waals surface area (Å²) in [6, 6.07) is 1.95. The van der Waals surface area contributed by atoms with Crippen molar-refractivity contribution in [3.63, 3.8) is 0 Å². The van der Waals surface area contributed by atoms with Gasteiger partial charge in [-0.15, -0.1) is 12.4 Å². The van der Waals surface area contributed by atoms with E-state index in [1.807, 2.05) is 6.07 Å². The summed E-state index contributed by atoms with van der Waals surface area (Å²) in [5.74, 6) is 1.28. The number of pyridine rings is 1. The van der Waals surface area contributed by atoms with Crippen molar-refractivity contribution in [1.82, 2.24) is 20.8 Å². The molecule has 1 saturated heterocycles. The van der Waals surface area contributed by atoms with Crippen LogP contribution in [0.15, 0.2) is 10.6 Å². The molecule has 2 N–H and O–H groups in total. The number of rotatable bonds is 6. The van der Waals surface area contributed by atoms with Crippen LogP contribution >= 0.6 is 12.4 Å². The Balaban J connectivity index is 0.00000196. The van der Waals surface area contributed by atoms with Crippen molar-refractivity contribution >= 4 is 29.4 Å². The van der Waals surface area contributed by atoms with E-state index in [2.05, 4.69) is 34.6 Å². The summed E-state index contributed by atoms with van der Waals surface area (Å²) in [6.45, 7) is 6.97. The largest absolute Gasteiger partial charge is 0.352 e. The lowest BCUT2D eigenvalue weighted by atomic mass is 10.0. The molecule has 1 aliphatic heterocycles. The highest BCUT2D eigenvalue weighted by atomic mass is 35.5. The van der Waals surface area contributed by atoms with Crippen LogP contribution in [-0.2, 0) is 0 Å². The second-order valence-corrected chi connectivity index (χ2v) is 7.68. The monoisotopic (exact) mass is 378 g/mol. The number of carbonyl (C=O) groups is 1. The van der Waals surface area contributed by atoms with E-state index in [0.717, 1.165) is 49.1 Å². The highest BCUT2D eigenvalue weighted by molar-refractivity contribution is 6.06. The molecule has 4 rings (SSSR count). The highest BCUT2D eigenvalue weighted by Gasteiger charge is 2.29. The van der Waals surface area contributed by atoms with Crippen molar-refractivity contribution in [3.05, 3.63) is 23.0 Å². The fraction of sp³-hybridized carbons (Fsp3) is 0.632. The maximum atomic E-state index is 12.9.